The summed E-state index contributed by atoms with van der Waals surface area (Å²) in [6.45, 7) is 2.25. The number of fused-ring (bicyclic) bond motifs is 1. The molecule has 126 valence electrons. The third kappa shape index (κ3) is 4.20. The van der Waals surface area contributed by atoms with E-state index >= 15 is 0 Å². The molecule has 2 amide bonds. The predicted octanol–water partition coefficient (Wildman–Crippen LogP) is 3.94. The molecule has 3 rings (SSSR count). The normalized spacial score (nSPS) is 10.4. The molecule has 0 aliphatic carbocycles. The summed E-state index contributed by atoms with van der Waals surface area (Å²) in [5, 5.41) is 6.44. The number of aromatic nitrogens is 1. The molecule has 0 fully saturated rings. The van der Waals surface area contributed by atoms with E-state index in [1.165, 1.54) is 0 Å². The fourth-order valence-electron chi connectivity index (χ4n) is 2.54. The number of amides is 2. The standard InChI is InChI=1S/C20H19N3O2/c1-14-7-9-15(10-8-14)18(24)11-13-22-20(25)23-17-6-2-4-16-5-3-12-21-19(16)17/h2-10,12H,11,13H2,1H3,(H2,22,23,25). The zero-order valence-corrected chi connectivity index (χ0v) is 14.0. The van der Waals surface area contributed by atoms with Gasteiger partial charge in [0.2, 0.25) is 0 Å². The number of benzene rings is 2. The predicted molar refractivity (Wildman–Crippen MR) is 98.9 cm³/mol. The van der Waals surface area contributed by atoms with Crippen LogP contribution in [0.25, 0.3) is 10.9 Å². The molecule has 0 atom stereocenters. The van der Waals surface area contributed by atoms with Crippen LogP contribution in [0.15, 0.2) is 60.8 Å². The number of hydrogen-bond acceptors (Lipinski definition) is 3. The molecule has 0 aliphatic heterocycles. The number of carbonyl (C=O) groups excluding carboxylic acids is 2. The number of Topliss-reactive ketones (excluding diaryl/α,β-unsaturated/α-hetero) is 1. The minimum atomic E-state index is -0.352. The Bertz CT molecular complexity index is 899. The van der Waals surface area contributed by atoms with Crippen LogP contribution in [0.5, 0.6) is 0 Å². The molecule has 5 heteroatoms. The van der Waals surface area contributed by atoms with Crippen molar-refractivity contribution in [1.29, 1.82) is 0 Å². The molecular formula is C20H19N3O2. The van der Waals surface area contributed by atoms with E-state index in [1.807, 2.05) is 43.3 Å². The van der Waals surface area contributed by atoms with E-state index in [0.29, 0.717) is 11.3 Å². The molecule has 0 unspecified atom stereocenters. The van der Waals surface area contributed by atoms with E-state index in [0.717, 1.165) is 16.5 Å². The van der Waals surface area contributed by atoms with Crippen LogP contribution < -0.4 is 10.6 Å². The second-order valence-corrected chi connectivity index (χ2v) is 5.80. The molecule has 0 saturated carbocycles. The van der Waals surface area contributed by atoms with Crippen molar-refractivity contribution >= 4 is 28.4 Å². The molecule has 0 bridgehead atoms. The Morgan fingerprint density at radius 1 is 1.00 bits per heavy atom. The summed E-state index contributed by atoms with van der Waals surface area (Å²) in [4.78, 5) is 28.4. The highest BCUT2D eigenvalue weighted by Crippen LogP contribution is 2.20. The van der Waals surface area contributed by atoms with Crippen LogP contribution in [0.2, 0.25) is 0 Å². The van der Waals surface area contributed by atoms with Gasteiger partial charge >= 0.3 is 6.03 Å². The Morgan fingerprint density at radius 2 is 1.76 bits per heavy atom. The molecule has 1 heterocycles. The Labute approximate surface area is 146 Å². The van der Waals surface area contributed by atoms with E-state index in [2.05, 4.69) is 15.6 Å². The van der Waals surface area contributed by atoms with Gasteiger partial charge in [0.25, 0.3) is 0 Å². The van der Waals surface area contributed by atoms with Crippen molar-refractivity contribution in [2.45, 2.75) is 13.3 Å². The molecular weight excluding hydrogens is 314 g/mol. The number of para-hydroxylation sites is 1. The number of urea groups is 1. The Balaban J connectivity index is 1.54. The van der Waals surface area contributed by atoms with Gasteiger partial charge in [0, 0.05) is 30.1 Å². The SMILES string of the molecule is Cc1ccc(C(=O)CCNC(=O)Nc2cccc3cccnc23)cc1. The van der Waals surface area contributed by atoms with E-state index in [9.17, 15) is 9.59 Å². The number of aryl methyl sites for hydroxylation is 1. The topological polar surface area (TPSA) is 71.1 Å². The highest BCUT2D eigenvalue weighted by Gasteiger charge is 2.08. The number of rotatable bonds is 5. The lowest BCUT2D eigenvalue weighted by molar-refractivity contribution is 0.0984. The van der Waals surface area contributed by atoms with Crippen LogP contribution >= 0.6 is 0 Å². The van der Waals surface area contributed by atoms with Crippen molar-refractivity contribution in [3.63, 3.8) is 0 Å². The molecule has 2 N–H and O–H groups in total. The number of nitrogens with one attached hydrogen (secondary N) is 2. The average molecular weight is 333 g/mol. The van der Waals surface area contributed by atoms with Gasteiger partial charge in [-0.1, -0.05) is 48.0 Å². The van der Waals surface area contributed by atoms with Crippen LogP contribution in [0, 0.1) is 6.92 Å². The van der Waals surface area contributed by atoms with Gasteiger partial charge in [-0.2, -0.15) is 0 Å². The van der Waals surface area contributed by atoms with E-state index in [1.54, 1.807) is 24.4 Å². The molecule has 25 heavy (non-hydrogen) atoms. The maximum absolute atomic E-state index is 12.1. The minimum Gasteiger partial charge on any atom is -0.337 e. The molecule has 0 spiro atoms. The van der Waals surface area contributed by atoms with Crippen molar-refractivity contribution in [1.82, 2.24) is 10.3 Å². The second kappa shape index (κ2) is 7.57. The Kier molecular flexibility index (Phi) is 5.04. The zero-order valence-electron chi connectivity index (χ0n) is 14.0. The highest BCUT2D eigenvalue weighted by atomic mass is 16.2. The van der Waals surface area contributed by atoms with Crippen LogP contribution in [0.3, 0.4) is 0 Å². The van der Waals surface area contributed by atoms with E-state index in [-0.39, 0.29) is 24.8 Å². The third-order valence-electron chi connectivity index (χ3n) is 3.89. The fourth-order valence-corrected chi connectivity index (χ4v) is 2.54. The van der Waals surface area contributed by atoms with Crippen LogP contribution in [-0.2, 0) is 0 Å². The van der Waals surface area contributed by atoms with Gasteiger partial charge in [0.05, 0.1) is 11.2 Å². The molecule has 2 aromatic carbocycles. The molecule has 5 nitrogen and oxygen atoms in total. The Morgan fingerprint density at radius 3 is 2.56 bits per heavy atom. The van der Waals surface area contributed by atoms with Crippen molar-refractivity contribution in [3.05, 3.63) is 71.9 Å². The molecule has 1 aromatic heterocycles. The van der Waals surface area contributed by atoms with Crippen molar-refractivity contribution in [2.75, 3.05) is 11.9 Å². The summed E-state index contributed by atoms with van der Waals surface area (Å²) in [6.07, 6.45) is 1.94. The molecule has 0 aliphatic rings. The summed E-state index contributed by atoms with van der Waals surface area (Å²) in [6, 6.07) is 16.4. The maximum atomic E-state index is 12.1. The monoisotopic (exact) mass is 333 g/mol. The number of pyridine rings is 1. The first kappa shape index (κ1) is 16.6. The second-order valence-electron chi connectivity index (χ2n) is 5.80. The summed E-state index contributed by atoms with van der Waals surface area (Å²) >= 11 is 0. The quantitative estimate of drug-likeness (QED) is 0.695. The lowest BCUT2D eigenvalue weighted by Crippen LogP contribution is -2.30. The largest absolute Gasteiger partial charge is 0.337 e. The van der Waals surface area contributed by atoms with Gasteiger partial charge in [-0.15, -0.1) is 0 Å². The highest BCUT2D eigenvalue weighted by molar-refractivity contribution is 6.00. The van der Waals surface area contributed by atoms with Crippen LogP contribution in [-0.4, -0.2) is 23.3 Å². The zero-order chi connectivity index (χ0) is 17.6. The first-order chi connectivity index (χ1) is 12.1. The van der Waals surface area contributed by atoms with E-state index < -0.39 is 0 Å². The molecule has 3 aromatic rings. The average Bonchev–Trinajstić information content (AvgIpc) is 2.62. The lowest BCUT2D eigenvalue weighted by Gasteiger charge is -2.09. The summed E-state index contributed by atoms with van der Waals surface area (Å²) in [7, 11) is 0. The number of carbonyl (C=O) groups is 2. The smallest absolute Gasteiger partial charge is 0.319 e. The van der Waals surface area contributed by atoms with Crippen LogP contribution in [0.1, 0.15) is 22.3 Å². The van der Waals surface area contributed by atoms with Gasteiger partial charge < -0.3 is 10.6 Å². The maximum Gasteiger partial charge on any atom is 0.319 e. The molecule has 0 saturated heterocycles. The third-order valence-corrected chi connectivity index (χ3v) is 3.89. The van der Waals surface area contributed by atoms with Crippen molar-refractivity contribution < 1.29 is 9.59 Å². The number of anilines is 1. The van der Waals surface area contributed by atoms with Gasteiger partial charge in [0.1, 0.15) is 0 Å². The van der Waals surface area contributed by atoms with Crippen molar-refractivity contribution in [3.8, 4) is 0 Å². The first-order valence-electron chi connectivity index (χ1n) is 8.12. The van der Waals surface area contributed by atoms with Gasteiger partial charge in [-0.25, -0.2) is 4.79 Å². The number of nitrogens with zero attached hydrogens (tertiary/aromatic N) is 1. The summed E-state index contributed by atoms with van der Waals surface area (Å²) in [5.74, 6) is 0.00660. The van der Waals surface area contributed by atoms with Gasteiger partial charge in [-0.05, 0) is 19.1 Å². The molecule has 0 radical (unpaired) electrons. The summed E-state index contributed by atoms with van der Waals surface area (Å²) in [5.41, 5.74) is 3.14. The minimum absolute atomic E-state index is 0.00660. The van der Waals surface area contributed by atoms with Gasteiger partial charge in [-0.3, -0.25) is 9.78 Å². The fraction of sp³-hybridized carbons (Fsp3) is 0.150. The van der Waals surface area contributed by atoms with Gasteiger partial charge in [0.15, 0.2) is 5.78 Å². The first-order valence-corrected chi connectivity index (χ1v) is 8.12. The number of ketones is 1. The number of hydrogen-bond donors (Lipinski definition) is 2. The lowest BCUT2D eigenvalue weighted by atomic mass is 10.1. The van der Waals surface area contributed by atoms with Crippen LogP contribution in [0.4, 0.5) is 10.5 Å². The Hall–Kier alpha value is -3.21. The summed E-state index contributed by atoms with van der Waals surface area (Å²) < 4.78 is 0. The van der Waals surface area contributed by atoms with Crippen molar-refractivity contribution in [2.24, 2.45) is 0 Å². The van der Waals surface area contributed by atoms with E-state index in [4.69, 9.17) is 0 Å².